The van der Waals surface area contributed by atoms with Crippen LogP contribution in [0.5, 0.6) is 5.75 Å². The van der Waals surface area contributed by atoms with Crippen molar-refractivity contribution >= 4 is 11.8 Å². The largest absolute Gasteiger partial charge is 0.496 e. The molecule has 0 amide bonds. The van der Waals surface area contributed by atoms with Crippen LogP contribution in [0.1, 0.15) is 41.5 Å². The summed E-state index contributed by atoms with van der Waals surface area (Å²) >= 11 is 1.51. The molecule has 1 aliphatic rings. The number of aryl methyl sites for hydroxylation is 2. The van der Waals surface area contributed by atoms with Crippen LogP contribution in [0.3, 0.4) is 0 Å². The van der Waals surface area contributed by atoms with Crippen molar-refractivity contribution in [1.82, 2.24) is 0 Å². The van der Waals surface area contributed by atoms with Gasteiger partial charge in [0.05, 0.1) is 12.0 Å². The summed E-state index contributed by atoms with van der Waals surface area (Å²) in [6.45, 7) is 6.47. The van der Waals surface area contributed by atoms with Gasteiger partial charge in [-0.25, -0.2) is 0 Å². The molecule has 0 saturated carbocycles. The van der Waals surface area contributed by atoms with Gasteiger partial charge in [0.15, 0.2) is 5.43 Å². The van der Waals surface area contributed by atoms with Crippen molar-refractivity contribution in [2.75, 3.05) is 13.4 Å². The topological polar surface area (TPSA) is 26.3 Å². The molecule has 1 atom stereocenters. The number of rotatable bonds is 2. The second kappa shape index (κ2) is 6.64. The van der Waals surface area contributed by atoms with Gasteiger partial charge >= 0.3 is 0 Å². The van der Waals surface area contributed by atoms with Crippen LogP contribution in [0.2, 0.25) is 0 Å². The minimum absolute atomic E-state index is 0.113. The summed E-state index contributed by atoms with van der Waals surface area (Å²) in [5, 5.41) is 0. The van der Waals surface area contributed by atoms with Crippen LogP contribution in [-0.2, 0) is 6.42 Å². The maximum atomic E-state index is 12.5. The van der Waals surface area contributed by atoms with Crippen molar-refractivity contribution in [2.45, 2.75) is 44.4 Å². The van der Waals surface area contributed by atoms with E-state index in [1.54, 1.807) is 7.11 Å². The lowest BCUT2D eigenvalue weighted by molar-refractivity contribution is 0.412. The normalized spacial score (nSPS) is 16.1. The summed E-state index contributed by atoms with van der Waals surface area (Å²) in [6.07, 6.45) is 4.01. The predicted octanol–water partition coefficient (Wildman–Crippen LogP) is 5.11. The van der Waals surface area contributed by atoms with Crippen molar-refractivity contribution in [3.8, 4) is 16.9 Å². The molecule has 0 spiro atoms. The number of benzene rings is 1. The molecule has 0 heterocycles. The summed E-state index contributed by atoms with van der Waals surface area (Å²) in [7, 11) is 1.74. The molecule has 1 unspecified atom stereocenters. The van der Waals surface area contributed by atoms with E-state index in [-0.39, 0.29) is 5.43 Å². The molecule has 0 saturated heterocycles. The van der Waals surface area contributed by atoms with E-state index < -0.39 is 0 Å². The van der Waals surface area contributed by atoms with Crippen LogP contribution in [-0.4, -0.2) is 13.4 Å². The Morgan fingerprint density at radius 2 is 1.96 bits per heavy atom. The summed E-state index contributed by atoms with van der Waals surface area (Å²) in [4.78, 5) is 13.3. The monoisotopic (exact) mass is 340 g/mol. The number of hydrogen-bond acceptors (Lipinski definition) is 3. The first-order valence-electron chi connectivity index (χ1n) is 8.37. The van der Waals surface area contributed by atoms with E-state index in [4.69, 9.17) is 4.74 Å². The van der Waals surface area contributed by atoms with Gasteiger partial charge in [-0.3, -0.25) is 4.79 Å². The van der Waals surface area contributed by atoms with Crippen LogP contribution in [0, 0.1) is 13.8 Å². The molecule has 0 N–H and O–H groups in total. The highest BCUT2D eigenvalue weighted by atomic mass is 32.2. The van der Waals surface area contributed by atoms with E-state index >= 15 is 0 Å². The molecular weight excluding hydrogens is 316 g/mol. The van der Waals surface area contributed by atoms with Gasteiger partial charge < -0.3 is 4.74 Å². The minimum atomic E-state index is 0.113. The fourth-order valence-corrected chi connectivity index (χ4v) is 4.13. The first kappa shape index (κ1) is 17.1. The fraction of sp³-hybridized carbons (Fsp3) is 0.381. The second-order valence-corrected chi connectivity index (χ2v) is 7.45. The van der Waals surface area contributed by atoms with Crippen LogP contribution < -0.4 is 10.2 Å². The molecule has 126 valence electrons. The standard InChI is InChI=1S/C21H24O2S/c1-12-6-7-15-10-13(2)14(3)21(23-4)20(15)16-8-9-19(24-5)18(22)11-17(12)16/h8-12H,6-7H2,1-5H3. The van der Waals surface area contributed by atoms with Gasteiger partial charge in [-0.2, -0.15) is 0 Å². The average molecular weight is 340 g/mol. The Morgan fingerprint density at radius 3 is 2.62 bits per heavy atom. The van der Waals surface area contributed by atoms with Crippen LogP contribution in [0.4, 0.5) is 0 Å². The number of hydrogen-bond donors (Lipinski definition) is 0. The smallest absolute Gasteiger partial charge is 0.192 e. The highest BCUT2D eigenvalue weighted by Gasteiger charge is 2.24. The lowest BCUT2D eigenvalue weighted by atomic mass is 9.91. The Balaban J connectivity index is 2.44. The van der Waals surface area contributed by atoms with Crippen molar-refractivity contribution in [3.63, 3.8) is 0 Å². The van der Waals surface area contributed by atoms with Gasteiger partial charge in [-0.15, -0.1) is 11.8 Å². The third kappa shape index (κ3) is 2.75. The predicted molar refractivity (Wildman–Crippen MR) is 103 cm³/mol. The fourth-order valence-electron chi connectivity index (χ4n) is 3.66. The number of thioether (sulfide) groups is 1. The molecule has 3 heteroatoms. The van der Waals surface area contributed by atoms with E-state index in [1.807, 2.05) is 18.4 Å². The van der Waals surface area contributed by atoms with Gasteiger partial charge in [-0.05, 0) is 78.8 Å². The lowest BCUT2D eigenvalue weighted by Crippen LogP contribution is -2.01. The quantitative estimate of drug-likeness (QED) is 0.711. The summed E-state index contributed by atoms with van der Waals surface area (Å²) in [6, 6.07) is 8.20. The van der Waals surface area contributed by atoms with Crippen molar-refractivity contribution in [2.24, 2.45) is 0 Å². The average Bonchev–Trinajstić information content (AvgIpc) is 2.80. The highest BCUT2D eigenvalue weighted by Crippen LogP contribution is 2.44. The molecule has 0 aromatic heterocycles. The zero-order valence-corrected chi connectivity index (χ0v) is 15.8. The number of methoxy groups -OCH3 is 1. The Hall–Kier alpha value is -1.74. The highest BCUT2D eigenvalue weighted by molar-refractivity contribution is 7.98. The van der Waals surface area contributed by atoms with Crippen molar-refractivity contribution in [1.29, 1.82) is 0 Å². The Labute approximate surface area is 148 Å². The van der Waals surface area contributed by atoms with E-state index in [9.17, 15) is 4.79 Å². The summed E-state index contributed by atoms with van der Waals surface area (Å²) in [5.41, 5.74) is 7.33. The molecule has 0 bridgehead atoms. The van der Waals surface area contributed by atoms with Crippen molar-refractivity contribution in [3.05, 3.63) is 56.7 Å². The van der Waals surface area contributed by atoms with Gasteiger partial charge in [-0.1, -0.05) is 19.1 Å². The first-order chi connectivity index (χ1) is 11.5. The van der Waals surface area contributed by atoms with Crippen LogP contribution in [0.15, 0.2) is 34.0 Å². The zero-order chi connectivity index (χ0) is 17.4. The third-order valence-corrected chi connectivity index (χ3v) is 5.96. The molecular formula is C21H24O2S. The number of fused-ring (bicyclic) bond motifs is 3. The van der Waals surface area contributed by atoms with E-state index in [1.165, 1.54) is 34.0 Å². The van der Waals surface area contributed by atoms with E-state index in [0.29, 0.717) is 5.92 Å². The van der Waals surface area contributed by atoms with Gasteiger partial charge in [0, 0.05) is 5.56 Å². The van der Waals surface area contributed by atoms with Gasteiger partial charge in [0.25, 0.3) is 0 Å². The molecule has 0 aliphatic heterocycles. The molecule has 24 heavy (non-hydrogen) atoms. The maximum absolute atomic E-state index is 12.5. The molecule has 3 rings (SSSR count). The number of ether oxygens (including phenoxy) is 1. The zero-order valence-electron chi connectivity index (χ0n) is 15.0. The van der Waals surface area contributed by atoms with Crippen LogP contribution >= 0.6 is 11.8 Å². The Morgan fingerprint density at radius 1 is 1.21 bits per heavy atom. The van der Waals surface area contributed by atoms with Gasteiger partial charge in [0.2, 0.25) is 0 Å². The SMILES string of the molecule is COc1c(C)c(C)cc2c1-c1ccc(SC)c(=O)cc1C(C)CC2. The van der Waals surface area contributed by atoms with Gasteiger partial charge in [0.1, 0.15) is 5.75 Å². The lowest BCUT2D eigenvalue weighted by Gasteiger charge is -2.18. The molecule has 0 fully saturated rings. The minimum Gasteiger partial charge on any atom is -0.496 e. The molecule has 2 aromatic carbocycles. The second-order valence-electron chi connectivity index (χ2n) is 6.60. The first-order valence-corrected chi connectivity index (χ1v) is 9.60. The van der Waals surface area contributed by atoms with Crippen molar-refractivity contribution < 1.29 is 4.74 Å². The molecule has 2 aromatic rings. The third-order valence-electron chi connectivity index (χ3n) is 5.18. The Bertz CT molecular complexity index is 855. The molecule has 0 radical (unpaired) electrons. The van der Waals surface area contributed by atoms with E-state index in [0.717, 1.165) is 34.6 Å². The maximum Gasteiger partial charge on any atom is 0.192 e. The molecule has 2 nitrogen and oxygen atoms in total. The Kier molecular flexibility index (Phi) is 4.73. The molecule has 1 aliphatic carbocycles. The summed E-state index contributed by atoms with van der Waals surface area (Å²) < 4.78 is 5.81. The summed E-state index contributed by atoms with van der Waals surface area (Å²) in [5.74, 6) is 1.30. The van der Waals surface area contributed by atoms with Crippen LogP contribution in [0.25, 0.3) is 11.1 Å². The van der Waals surface area contributed by atoms with E-state index in [2.05, 4.69) is 32.9 Å².